The molecule has 0 spiro atoms. The third-order valence-electron chi connectivity index (χ3n) is 3.59. The van der Waals surface area contributed by atoms with E-state index in [2.05, 4.69) is 15.5 Å². The molecule has 162 valence electrons. The first-order valence-corrected chi connectivity index (χ1v) is 11.1. The summed E-state index contributed by atoms with van der Waals surface area (Å²) in [6, 6.07) is 7.88. The summed E-state index contributed by atoms with van der Waals surface area (Å²) in [5.74, 6) is 0.604. The van der Waals surface area contributed by atoms with Gasteiger partial charge in [0.1, 0.15) is 17.2 Å². The zero-order valence-corrected chi connectivity index (χ0v) is 18.3. The summed E-state index contributed by atoms with van der Waals surface area (Å²) in [7, 11) is -3.33. The standard InChI is InChI=1S/C20H25N3O6S/c1-6-27-20(24)14(4)22-23-17-9-7-15(11-18(17)28-13(2)3)29-19-10-8-16(12-21-19)30(5,25)26/h7-13,23H,6H2,1-5H3/b22-14+. The molecular weight excluding hydrogens is 410 g/mol. The van der Waals surface area contributed by atoms with Gasteiger partial charge in [-0.3, -0.25) is 5.43 Å². The number of carbonyl (C=O) groups excluding carboxylic acids is 1. The number of pyridine rings is 1. The van der Waals surface area contributed by atoms with Crippen molar-refractivity contribution in [3.05, 3.63) is 36.5 Å². The summed E-state index contributed by atoms with van der Waals surface area (Å²) >= 11 is 0. The summed E-state index contributed by atoms with van der Waals surface area (Å²) in [5.41, 5.74) is 3.49. The largest absolute Gasteiger partial charge is 0.489 e. The lowest BCUT2D eigenvalue weighted by atomic mass is 10.2. The van der Waals surface area contributed by atoms with Crippen molar-refractivity contribution in [1.29, 1.82) is 0 Å². The van der Waals surface area contributed by atoms with Crippen LogP contribution in [0.25, 0.3) is 0 Å². The molecule has 0 aliphatic carbocycles. The summed E-state index contributed by atoms with van der Waals surface area (Å²) in [6.07, 6.45) is 2.22. The number of hydrogen-bond acceptors (Lipinski definition) is 9. The number of ether oxygens (including phenoxy) is 3. The number of aromatic nitrogens is 1. The molecule has 0 amide bonds. The highest BCUT2D eigenvalue weighted by Crippen LogP contribution is 2.32. The Bertz CT molecular complexity index is 1020. The first kappa shape index (κ1) is 23.1. The maximum absolute atomic E-state index is 11.7. The molecule has 30 heavy (non-hydrogen) atoms. The Morgan fingerprint density at radius 2 is 1.97 bits per heavy atom. The molecule has 2 rings (SSSR count). The van der Waals surface area contributed by atoms with Crippen LogP contribution in [0.2, 0.25) is 0 Å². The van der Waals surface area contributed by atoms with Crippen LogP contribution in [0.5, 0.6) is 17.4 Å². The third-order valence-corrected chi connectivity index (χ3v) is 4.69. The van der Waals surface area contributed by atoms with E-state index in [1.54, 1.807) is 25.1 Å². The quantitative estimate of drug-likeness (QED) is 0.362. The first-order valence-electron chi connectivity index (χ1n) is 9.22. The van der Waals surface area contributed by atoms with Crippen LogP contribution >= 0.6 is 0 Å². The van der Waals surface area contributed by atoms with Gasteiger partial charge in [0.15, 0.2) is 9.84 Å². The van der Waals surface area contributed by atoms with Crippen LogP contribution < -0.4 is 14.9 Å². The molecule has 2 aromatic rings. The fourth-order valence-corrected chi connectivity index (χ4v) is 2.76. The number of nitrogens with one attached hydrogen (secondary N) is 1. The summed E-state index contributed by atoms with van der Waals surface area (Å²) in [5, 5.41) is 4.03. The van der Waals surface area contributed by atoms with Gasteiger partial charge < -0.3 is 14.2 Å². The normalized spacial score (nSPS) is 11.9. The number of benzene rings is 1. The van der Waals surface area contributed by atoms with E-state index >= 15 is 0 Å². The predicted molar refractivity (Wildman–Crippen MR) is 113 cm³/mol. The molecule has 1 aromatic heterocycles. The Hall–Kier alpha value is -3.14. The Kier molecular flexibility index (Phi) is 7.76. The second-order valence-corrected chi connectivity index (χ2v) is 8.58. The van der Waals surface area contributed by atoms with Gasteiger partial charge in [-0.2, -0.15) is 5.10 Å². The van der Waals surface area contributed by atoms with Crippen LogP contribution in [0.3, 0.4) is 0 Å². The maximum atomic E-state index is 11.7. The highest BCUT2D eigenvalue weighted by molar-refractivity contribution is 7.90. The molecule has 0 saturated heterocycles. The average Bonchev–Trinajstić information content (AvgIpc) is 2.66. The smallest absolute Gasteiger partial charge is 0.354 e. The van der Waals surface area contributed by atoms with Crippen molar-refractivity contribution in [3.8, 4) is 17.4 Å². The minimum atomic E-state index is -3.33. The molecule has 1 aromatic carbocycles. The fourth-order valence-electron chi connectivity index (χ4n) is 2.20. The van der Waals surface area contributed by atoms with Crippen LogP contribution in [-0.4, -0.2) is 44.0 Å². The topological polar surface area (TPSA) is 116 Å². The van der Waals surface area contributed by atoms with Gasteiger partial charge in [-0.15, -0.1) is 0 Å². The molecule has 10 heteroatoms. The molecular formula is C20H25N3O6S. The Balaban J connectivity index is 2.22. The minimum absolute atomic E-state index is 0.105. The second-order valence-electron chi connectivity index (χ2n) is 6.56. The van der Waals surface area contributed by atoms with Gasteiger partial charge in [-0.25, -0.2) is 18.2 Å². The molecule has 0 aliphatic rings. The zero-order chi connectivity index (χ0) is 22.3. The number of rotatable bonds is 9. The third kappa shape index (κ3) is 6.73. The van der Waals surface area contributed by atoms with E-state index in [0.717, 1.165) is 6.26 Å². The highest BCUT2D eigenvalue weighted by Gasteiger charge is 2.12. The lowest BCUT2D eigenvalue weighted by Gasteiger charge is -2.15. The number of esters is 1. The molecule has 0 aliphatic heterocycles. The zero-order valence-electron chi connectivity index (χ0n) is 17.5. The van der Waals surface area contributed by atoms with E-state index in [9.17, 15) is 13.2 Å². The lowest BCUT2D eigenvalue weighted by molar-refractivity contribution is -0.135. The molecule has 1 N–H and O–H groups in total. The second kappa shape index (κ2) is 10.1. The molecule has 0 atom stereocenters. The molecule has 0 bridgehead atoms. The molecule has 0 saturated carbocycles. The van der Waals surface area contributed by atoms with Crippen molar-refractivity contribution in [2.24, 2.45) is 5.10 Å². The van der Waals surface area contributed by atoms with Gasteiger partial charge in [-0.1, -0.05) is 0 Å². The van der Waals surface area contributed by atoms with Crippen molar-refractivity contribution in [2.75, 3.05) is 18.3 Å². The van der Waals surface area contributed by atoms with Crippen LogP contribution in [0.15, 0.2) is 46.5 Å². The molecule has 0 fully saturated rings. The molecule has 0 unspecified atom stereocenters. The van der Waals surface area contributed by atoms with Crippen LogP contribution in [0, 0.1) is 0 Å². The maximum Gasteiger partial charge on any atom is 0.354 e. The highest BCUT2D eigenvalue weighted by atomic mass is 32.2. The monoisotopic (exact) mass is 435 g/mol. The number of sulfone groups is 1. The van der Waals surface area contributed by atoms with E-state index in [1.807, 2.05) is 13.8 Å². The first-order chi connectivity index (χ1) is 14.1. The Labute approximate surface area is 176 Å². The summed E-state index contributed by atoms with van der Waals surface area (Å²) < 4.78 is 39.5. The fraction of sp³-hybridized carbons (Fsp3) is 0.350. The molecule has 9 nitrogen and oxygen atoms in total. The lowest BCUT2D eigenvalue weighted by Crippen LogP contribution is -2.15. The van der Waals surface area contributed by atoms with Crippen molar-refractivity contribution in [1.82, 2.24) is 4.98 Å². The minimum Gasteiger partial charge on any atom is -0.489 e. The van der Waals surface area contributed by atoms with Gasteiger partial charge in [0, 0.05) is 24.6 Å². The van der Waals surface area contributed by atoms with Crippen molar-refractivity contribution in [3.63, 3.8) is 0 Å². The summed E-state index contributed by atoms with van der Waals surface area (Å²) in [4.78, 5) is 15.8. The van der Waals surface area contributed by atoms with Gasteiger partial charge in [0.25, 0.3) is 0 Å². The predicted octanol–water partition coefficient (Wildman–Crippen LogP) is 3.42. The van der Waals surface area contributed by atoms with Crippen molar-refractivity contribution >= 4 is 27.2 Å². The number of hydrogen-bond donors (Lipinski definition) is 1. The SMILES string of the molecule is CCOC(=O)/C(C)=N/Nc1ccc(Oc2ccc(S(C)(=O)=O)cn2)cc1OC(C)C. The van der Waals surface area contributed by atoms with Gasteiger partial charge in [0.2, 0.25) is 5.88 Å². The van der Waals surface area contributed by atoms with Crippen LogP contribution in [-0.2, 0) is 19.4 Å². The Morgan fingerprint density at radius 3 is 2.53 bits per heavy atom. The van der Waals surface area contributed by atoms with Gasteiger partial charge in [0.05, 0.1) is 23.3 Å². The van der Waals surface area contributed by atoms with Crippen molar-refractivity contribution in [2.45, 2.75) is 38.7 Å². The van der Waals surface area contributed by atoms with Gasteiger partial charge in [-0.05, 0) is 45.9 Å². The molecule has 0 radical (unpaired) electrons. The summed E-state index contributed by atoms with van der Waals surface area (Å²) in [6.45, 7) is 7.26. The van der Waals surface area contributed by atoms with E-state index in [4.69, 9.17) is 14.2 Å². The van der Waals surface area contributed by atoms with E-state index in [0.29, 0.717) is 17.2 Å². The van der Waals surface area contributed by atoms with E-state index in [-0.39, 0.29) is 29.2 Å². The van der Waals surface area contributed by atoms with E-state index < -0.39 is 15.8 Å². The number of carbonyl (C=O) groups is 1. The van der Waals surface area contributed by atoms with Crippen LogP contribution in [0.4, 0.5) is 5.69 Å². The van der Waals surface area contributed by atoms with Gasteiger partial charge >= 0.3 is 5.97 Å². The van der Waals surface area contributed by atoms with Crippen molar-refractivity contribution < 1.29 is 27.4 Å². The number of nitrogens with zero attached hydrogens (tertiary/aromatic N) is 2. The number of anilines is 1. The molecule has 1 heterocycles. The van der Waals surface area contributed by atoms with Crippen LogP contribution in [0.1, 0.15) is 27.7 Å². The van der Waals surface area contributed by atoms with E-state index in [1.165, 1.54) is 25.3 Å². The number of hydrazone groups is 1. The average molecular weight is 436 g/mol. The Morgan fingerprint density at radius 1 is 1.23 bits per heavy atom.